The normalized spacial score (nSPS) is 14.1. The fourth-order valence-corrected chi connectivity index (χ4v) is 3.04. The number of pyridine rings is 1. The molecular formula is C24H21F3N4O6. The number of nitrogens with two attached hydrogens (primary N) is 2. The van der Waals surface area contributed by atoms with Crippen molar-refractivity contribution in [3.8, 4) is 11.5 Å². The van der Waals surface area contributed by atoms with E-state index in [1.165, 1.54) is 48.7 Å². The zero-order valence-electron chi connectivity index (χ0n) is 19.0. The molecule has 0 bridgehead atoms. The fourth-order valence-electron chi connectivity index (χ4n) is 3.04. The molecule has 0 radical (unpaired) electrons. The van der Waals surface area contributed by atoms with Crippen LogP contribution in [0.5, 0.6) is 11.5 Å². The van der Waals surface area contributed by atoms with Gasteiger partial charge >= 0.3 is 11.9 Å². The maximum Gasteiger partial charge on any atom is 0.321 e. The third-order valence-corrected chi connectivity index (χ3v) is 5.34. The Balaban J connectivity index is 0.000000184. The number of nitrogens with zero attached hydrogens (tertiary/aromatic N) is 1. The number of hydrogen-bond acceptors (Lipinski definition) is 7. The van der Waals surface area contributed by atoms with E-state index in [2.05, 4.69) is 10.3 Å². The number of carbonyl (C=O) groups is 3. The van der Waals surface area contributed by atoms with Gasteiger partial charge in [0.05, 0.1) is 12.1 Å². The lowest BCUT2D eigenvalue weighted by atomic mass is 10.1. The number of carboxylic acid groups (broad SMARTS) is 2. The van der Waals surface area contributed by atoms with E-state index >= 15 is 0 Å². The number of nitrogen functional groups attached to an aromatic ring is 2. The van der Waals surface area contributed by atoms with E-state index in [0.29, 0.717) is 17.1 Å². The first-order valence-electron chi connectivity index (χ1n) is 10.6. The number of carbonyl (C=O) groups excluding carboxylic acids is 1. The van der Waals surface area contributed by atoms with E-state index in [4.69, 9.17) is 26.4 Å². The maximum atomic E-state index is 13.7. The van der Waals surface area contributed by atoms with Gasteiger partial charge in [0.15, 0.2) is 17.0 Å². The Labute approximate surface area is 207 Å². The van der Waals surface area contributed by atoms with Crippen molar-refractivity contribution in [2.45, 2.75) is 19.3 Å². The molecule has 0 spiro atoms. The summed E-state index contributed by atoms with van der Waals surface area (Å²) in [6.07, 6.45) is 2.04. The van der Waals surface area contributed by atoms with Gasteiger partial charge in [0.2, 0.25) is 11.7 Å². The molecule has 2 aromatic carbocycles. The van der Waals surface area contributed by atoms with Crippen LogP contribution in [0.4, 0.5) is 30.4 Å². The second-order valence-corrected chi connectivity index (χ2v) is 7.99. The summed E-state index contributed by atoms with van der Waals surface area (Å²) in [4.78, 5) is 35.6. The van der Waals surface area contributed by atoms with Crippen LogP contribution in [-0.4, -0.2) is 33.0 Å². The lowest BCUT2D eigenvalue weighted by molar-refractivity contribution is -0.156. The van der Waals surface area contributed by atoms with Crippen molar-refractivity contribution in [1.29, 1.82) is 0 Å². The molecule has 2 heterocycles. The van der Waals surface area contributed by atoms with Crippen LogP contribution in [0.25, 0.3) is 0 Å². The van der Waals surface area contributed by atoms with Crippen LogP contribution < -0.4 is 21.5 Å². The van der Waals surface area contributed by atoms with Gasteiger partial charge in [-0.2, -0.15) is 4.39 Å². The molecule has 1 aliphatic carbocycles. The number of hydrogen-bond donors (Lipinski definition) is 5. The minimum atomic E-state index is -1.42. The van der Waals surface area contributed by atoms with Gasteiger partial charge in [0.1, 0.15) is 17.4 Å². The highest BCUT2D eigenvalue weighted by Crippen LogP contribution is 2.45. The lowest BCUT2D eigenvalue weighted by Crippen LogP contribution is -2.24. The summed E-state index contributed by atoms with van der Waals surface area (Å²) in [5.41, 5.74) is 9.90. The fraction of sp³-hybridized carbons (Fsp3) is 0.167. The van der Waals surface area contributed by atoms with Gasteiger partial charge in [-0.1, -0.05) is 0 Å². The van der Waals surface area contributed by atoms with Crippen molar-refractivity contribution in [3.63, 3.8) is 0 Å². The zero-order valence-corrected chi connectivity index (χ0v) is 19.0. The summed E-state index contributed by atoms with van der Waals surface area (Å²) < 4.78 is 44.4. The molecule has 13 heteroatoms. The van der Waals surface area contributed by atoms with Crippen LogP contribution in [0, 0.1) is 22.9 Å². The number of carboxylic acids is 2. The summed E-state index contributed by atoms with van der Waals surface area (Å²) >= 11 is 0. The van der Waals surface area contributed by atoms with Gasteiger partial charge in [0.25, 0.3) is 0 Å². The summed E-state index contributed by atoms with van der Waals surface area (Å²) in [6, 6.07) is 9.62. The Hall–Kier alpha value is -4.81. The molecule has 0 atom stereocenters. The molecule has 1 saturated carbocycles. The van der Waals surface area contributed by atoms with Gasteiger partial charge in [-0.15, -0.1) is 0 Å². The summed E-state index contributed by atoms with van der Waals surface area (Å²) in [6.45, 7) is 0. The van der Waals surface area contributed by atoms with Crippen molar-refractivity contribution in [2.75, 3.05) is 16.8 Å². The van der Waals surface area contributed by atoms with Crippen LogP contribution in [-0.2, 0) is 20.8 Å². The molecule has 0 unspecified atom stereocenters. The van der Waals surface area contributed by atoms with Crippen LogP contribution in [0.15, 0.2) is 48.7 Å². The van der Waals surface area contributed by atoms with Gasteiger partial charge in [-0.3, -0.25) is 14.4 Å². The number of rotatable bonds is 4. The van der Waals surface area contributed by atoms with Crippen molar-refractivity contribution in [2.24, 2.45) is 5.41 Å². The van der Waals surface area contributed by atoms with Crippen LogP contribution >= 0.6 is 0 Å². The monoisotopic (exact) mass is 518 g/mol. The predicted octanol–water partition coefficient (Wildman–Crippen LogP) is 3.57. The highest BCUT2D eigenvalue weighted by atomic mass is 19.2. The Bertz CT molecular complexity index is 1310. The van der Waals surface area contributed by atoms with Crippen molar-refractivity contribution >= 4 is 35.0 Å². The Morgan fingerprint density at radius 2 is 1.54 bits per heavy atom. The number of nitrogens with one attached hydrogen (secondary N) is 1. The Kier molecular flexibility index (Phi) is 7.85. The number of ether oxygens (including phenoxy) is 1. The number of aromatic nitrogens is 1. The average molecular weight is 518 g/mol. The quantitative estimate of drug-likeness (QED) is 0.255. The molecule has 1 aliphatic heterocycles. The lowest BCUT2D eigenvalue weighted by Gasteiger charge is -2.10. The van der Waals surface area contributed by atoms with E-state index in [9.17, 15) is 27.6 Å². The minimum absolute atomic E-state index is 0.0809. The summed E-state index contributed by atoms with van der Waals surface area (Å²) in [7, 11) is 0. The molecule has 10 nitrogen and oxygen atoms in total. The Morgan fingerprint density at radius 1 is 0.919 bits per heavy atom. The molecular weight excluding hydrogens is 497 g/mol. The van der Waals surface area contributed by atoms with Crippen LogP contribution in [0.2, 0.25) is 0 Å². The minimum Gasteiger partial charge on any atom is -0.480 e. The predicted molar refractivity (Wildman–Crippen MR) is 125 cm³/mol. The molecule has 5 rings (SSSR count). The van der Waals surface area contributed by atoms with Crippen molar-refractivity contribution in [1.82, 2.24) is 4.98 Å². The highest BCUT2D eigenvalue weighted by molar-refractivity contribution is 6.01. The van der Waals surface area contributed by atoms with Gasteiger partial charge in [-0.05, 0) is 55.3 Å². The number of fused-ring (bicyclic) bond motifs is 1. The molecule has 1 fully saturated rings. The van der Waals surface area contributed by atoms with E-state index < -0.39 is 29.0 Å². The first-order chi connectivity index (χ1) is 17.4. The molecule has 1 aromatic heterocycles. The SMILES string of the molecule is Nc1ccc(F)cc1.Nc1ccc(Oc2ccnc3c2CC(=O)N3)c(F)c1F.O=C(O)C1(C(=O)O)CC1. The number of amides is 1. The standard InChI is InChI=1S/C13H9F2N3O2.C6H6FN.C5H6O4/c14-11-7(16)1-2-9(12(11)15)20-8-3-4-17-13-6(8)5-10(19)18-13;7-5-1-3-6(8)4-2-5;6-3(7)5(1-2-5)4(8)9/h1-4H,5,16H2,(H,17,18,19);1-4H,8H2;1-2H2,(H,6,7)(H,8,9). The smallest absolute Gasteiger partial charge is 0.321 e. The molecule has 2 aliphatic rings. The third-order valence-electron chi connectivity index (χ3n) is 5.34. The highest BCUT2D eigenvalue weighted by Gasteiger charge is 2.57. The van der Waals surface area contributed by atoms with Gasteiger partial charge < -0.3 is 31.7 Å². The summed E-state index contributed by atoms with van der Waals surface area (Å²) in [5.74, 6) is -4.93. The van der Waals surface area contributed by atoms with Crippen molar-refractivity contribution in [3.05, 3.63) is 71.7 Å². The summed E-state index contributed by atoms with van der Waals surface area (Å²) in [5, 5.41) is 19.1. The Morgan fingerprint density at radius 3 is 2.05 bits per heavy atom. The largest absolute Gasteiger partial charge is 0.480 e. The number of aliphatic carboxylic acids is 2. The topological polar surface area (TPSA) is 178 Å². The van der Waals surface area contributed by atoms with E-state index in [1.807, 2.05) is 0 Å². The van der Waals surface area contributed by atoms with Crippen LogP contribution in [0.1, 0.15) is 18.4 Å². The van der Waals surface area contributed by atoms with E-state index in [1.54, 1.807) is 0 Å². The van der Waals surface area contributed by atoms with Crippen molar-refractivity contribution < 1.29 is 42.5 Å². The molecule has 7 N–H and O–H groups in total. The molecule has 37 heavy (non-hydrogen) atoms. The molecule has 0 saturated heterocycles. The molecule has 3 aromatic rings. The second kappa shape index (κ2) is 10.8. The third kappa shape index (κ3) is 6.25. The second-order valence-electron chi connectivity index (χ2n) is 7.99. The first-order valence-corrected chi connectivity index (χ1v) is 10.6. The maximum absolute atomic E-state index is 13.7. The van der Waals surface area contributed by atoms with E-state index in [0.717, 1.165) is 0 Å². The van der Waals surface area contributed by atoms with Crippen LogP contribution in [0.3, 0.4) is 0 Å². The van der Waals surface area contributed by atoms with Gasteiger partial charge in [0, 0.05) is 17.4 Å². The number of halogens is 3. The molecule has 194 valence electrons. The number of anilines is 3. The molecule has 1 amide bonds. The average Bonchev–Trinajstić information content (AvgIpc) is 3.59. The van der Waals surface area contributed by atoms with E-state index in [-0.39, 0.29) is 48.2 Å². The first kappa shape index (κ1) is 26.8. The number of benzene rings is 2. The van der Waals surface area contributed by atoms with Gasteiger partial charge in [-0.25, -0.2) is 13.8 Å². The zero-order chi connectivity index (χ0) is 27.3.